The molecule has 0 radical (unpaired) electrons. The minimum atomic E-state index is -1.32. The number of methoxy groups -OCH3 is 1. The van der Waals surface area contributed by atoms with Crippen molar-refractivity contribution in [2.45, 2.75) is 36.3 Å². The van der Waals surface area contributed by atoms with Gasteiger partial charge in [-0.3, -0.25) is 0 Å². The monoisotopic (exact) mass is 535 g/mol. The zero-order valence-corrected chi connectivity index (χ0v) is 22.1. The fourth-order valence-corrected chi connectivity index (χ4v) is 7.75. The number of fused-ring (bicyclic) bond motifs is 4. The Labute approximate surface area is 223 Å². The average molecular weight is 536 g/mol. The van der Waals surface area contributed by atoms with Crippen LogP contribution in [0, 0.1) is 11.2 Å². The lowest BCUT2D eigenvalue weighted by molar-refractivity contribution is 0.0746. The number of benzene rings is 1. The molecule has 2 aromatic heterocycles. The van der Waals surface area contributed by atoms with E-state index in [2.05, 4.69) is 21.1 Å². The molecule has 5 heterocycles. The summed E-state index contributed by atoms with van der Waals surface area (Å²) in [6, 6.07) is 10.7. The van der Waals surface area contributed by atoms with Crippen LogP contribution in [0.1, 0.15) is 24.1 Å². The predicted molar refractivity (Wildman–Crippen MR) is 142 cm³/mol. The standard InChI is InChI=1S/C28H30FN5O3S/c1-36-18-28-12-19-13-31-34(22-4-2-21(29)3-5-22)26(19)10-20(28)8-9-32(17-28)38(35)25-6-7-27(30-14-25)33-15-24-11-23(33)16-37-24/h2-7,10,13-14,23-24H,8-9,11-12,15-18H2,1H3/t23-,24-,28+,38?/m0/s1. The van der Waals surface area contributed by atoms with Crippen LogP contribution in [-0.4, -0.2) is 75.4 Å². The number of rotatable bonds is 6. The summed E-state index contributed by atoms with van der Waals surface area (Å²) in [7, 11) is 0.399. The third-order valence-corrected chi connectivity index (χ3v) is 9.79. The Bertz CT molecular complexity index is 1410. The van der Waals surface area contributed by atoms with Gasteiger partial charge in [-0.2, -0.15) is 5.10 Å². The van der Waals surface area contributed by atoms with E-state index in [1.54, 1.807) is 25.4 Å². The maximum absolute atomic E-state index is 13.7. The SMILES string of the molecule is COC[C@]12Cc3cnn(-c4ccc(F)cc4)c3C=C1CCN(S(=O)c1ccc(N3C[C@@H]4C[C@H]3CO4)nc1)C2. The molecule has 0 saturated carbocycles. The Hall–Kier alpha value is -2.92. The van der Waals surface area contributed by atoms with Crippen molar-refractivity contribution >= 4 is 22.9 Å². The summed E-state index contributed by atoms with van der Waals surface area (Å²) in [4.78, 5) is 7.70. The first-order valence-electron chi connectivity index (χ1n) is 13.1. The maximum Gasteiger partial charge on any atom is 0.129 e. The lowest BCUT2D eigenvalue weighted by Gasteiger charge is -2.45. The minimum absolute atomic E-state index is 0.268. The van der Waals surface area contributed by atoms with Gasteiger partial charge in [0.1, 0.15) is 22.6 Å². The van der Waals surface area contributed by atoms with Crippen molar-refractivity contribution in [3.05, 3.63) is 71.4 Å². The van der Waals surface area contributed by atoms with Gasteiger partial charge >= 0.3 is 0 Å². The molecule has 1 aromatic carbocycles. The van der Waals surface area contributed by atoms with Crippen LogP contribution in [0.5, 0.6) is 0 Å². The third kappa shape index (κ3) is 4.02. The van der Waals surface area contributed by atoms with E-state index < -0.39 is 11.0 Å². The Morgan fingerprint density at radius 2 is 2.08 bits per heavy atom. The fraction of sp³-hybridized carbons (Fsp3) is 0.429. The van der Waals surface area contributed by atoms with E-state index in [4.69, 9.17) is 9.47 Å². The molecule has 3 fully saturated rings. The molecule has 1 aliphatic carbocycles. The van der Waals surface area contributed by atoms with E-state index in [0.29, 0.717) is 31.8 Å². The van der Waals surface area contributed by atoms with Gasteiger partial charge in [-0.15, -0.1) is 0 Å². The molecular weight excluding hydrogens is 505 g/mol. The molecule has 0 spiro atoms. The highest BCUT2D eigenvalue weighted by molar-refractivity contribution is 7.82. The summed E-state index contributed by atoms with van der Waals surface area (Å²) >= 11 is 0. The Balaban J connectivity index is 1.12. The van der Waals surface area contributed by atoms with Crippen molar-refractivity contribution in [2.75, 3.05) is 44.9 Å². The first kappa shape index (κ1) is 24.1. The zero-order valence-electron chi connectivity index (χ0n) is 21.3. The molecule has 4 aliphatic rings. The largest absolute Gasteiger partial charge is 0.384 e. The van der Waals surface area contributed by atoms with Crippen molar-refractivity contribution in [2.24, 2.45) is 5.41 Å². The van der Waals surface area contributed by atoms with Crippen LogP contribution >= 0.6 is 0 Å². The number of hydrogen-bond acceptors (Lipinski definition) is 6. The second-order valence-electron chi connectivity index (χ2n) is 10.7. The summed E-state index contributed by atoms with van der Waals surface area (Å²) in [5, 5.41) is 4.62. The highest BCUT2D eigenvalue weighted by Crippen LogP contribution is 2.45. The van der Waals surface area contributed by atoms with Crippen LogP contribution in [-0.2, 0) is 26.9 Å². The van der Waals surface area contributed by atoms with Crippen LogP contribution in [0.3, 0.4) is 0 Å². The van der Waals surface area contributed by atoms with Gasteiger partial charge in [0, 0.05) is 38.4 Å². The van der Waals surface area contributed by atoms with Crippen LogP contribution in [0.25, 0.3) is 11.8 Å². The number of piperidine rings is 1. The number of halogens is 1. The molecule has 10 heteroatoms. The van der Waals surface area contributed by atoms with Gasteiger partial charge in [0.2, 0.25) is 0 Å². The number of hydrogen-bond donors (Lipinski definition) is 0. The molecule has 4 atom stereocenters. The van der Waals surface area contributed by atoms with E-state index in [-0.39, 0.29) is 11.2 Å². The van der Waals surface area contributed by atoms with E-state index >= 15 is 0 Å². The average Bonchev–Trinajstić information content (AvgIpc) is 3.68. The van der Waals surface area contributed by atoms with Crippen molar-refractivity contribution in [1.82, 2.24) is 19.1 Å². The van der Waals surface area contributed by atoms with E-state index in [0.717, 1.165) is 60.1 Å². The molecule has 3 aliphatic heterocycles. The molecule has 0 amide bonds. The summed E-state index contributed by atoms with van der Waals surface area (Å²) in [5.41, 5.74) is 3.96. The van der Waals surface area contributed by atoms with Gasteiger partial charge in [0.15, 0.2) is 0 Å². The fourth-order valence-electron chi connectivity index (χ4n) is 6.50. The maximum atomic E-state index is 13.7. The van der Waals surface area contributed by atoms with Crippen molar-refractivity contribution in [3.8, 4) is 5.69 Å². The molecule has 38 heavy (non-hydrogen) atoms. The summed E-state index contributed by atoms with van der Waals surface area (Å²) in [6.07, 6.45) is 8.75. The predicted octanol–water partition coefficient (Wildman–Crippen LogP) is 3.38. The number of morpholine rings is 1. The number of nitrogens with zero attached hydrogens (tertiary/aromatic N) is 5. The first-order chi connectivity index (χ1) is 18.5. The summed E-state index contributed by atoms with van der Waals surface area (Å²) in [6.45, 7) is 3.47. The number of anilines is 1. The summed E-state index contributed by atoms with van der Waals surface area (Å²) < 4.78 is 42.5. The second-order valence-corrected chi connectivity index (χ2v) is 12.2. The van der Waals surface area contributed by atoms with E-state index in [1.807, 2.05) is 27.3 Å². The molecule has 8 nitrogen and oxygen atoms in total. The molecule has 3 saturated heterocycles. The minimum Gasteiger partial charge on any atom is -0.384 e. The first-order valence-corrected chi connectivity index (χ1v) is 14.2. The van der Waals surface area contributed by atoms with Crippen LogP contribution in [0.2, 0.25) is 0 Å². The van der Waals surface area contributed by atoms with Gasteiger partial charge in [-0.05, 0) is 67.3 Å². The van der Waals surface area contributed by atoms with Gasteiger partial charge in [0.25, 0.3) is 0 Å². The van der Waals surface area contributed by atoms with Crippen molar-refractivity contribution in [3.63, 3.8) is 0 Å². The molecule has 198 valence electrons. The lowest BCUT2D eigenvalue weighted by atomic mass is 9.69. The quantitative estimate of drug-likeness (QED) is 0.482. The zero-order chi connectivity index (χ0) is 25.9. The highest BCUT2D eigenvalue weighted by atomic mass is 32.2. The lowest BCUT2D eigenvalue weighted by Crippen LogP contribution is -2.50. The van der Waals surface area contributed by atoms with Crippen LogP contribution in [0.4, 0.5) is 10.2 Å². The summed E-state index contributed by atoms with van der Waals surface area (Å²) in [5.74, 6) is 0.661. The van der Waals surface area contributed by atoms with E-state index in [1.165, 1.54) is 17.7 Å². The molecule has 3 aromatic rings. The van der Waals surface area contributed by atoms with Gasteiger partial charge in [0.05, 0.1) is 47.8 Å². The number of aromatic nitrogens is 3. The molecule has 7 rings (SSSR count). The number of ether oxygens (including phenoxy) is 2. The topological polar surface area (TPSA) is 72.7 Å². The Morgan fingerprint density at radius 1 is 1.21 bits per heavy atom. The van der Waals surface area contributed by atoms with Gasteiger partial charge < -0.3 is 14.4 Å². The molecule has 1 unspecified atom stereocenters. The smallest absolute Gasteiger partial charge is 0.129 e. The Kier molecular flexibility index (Phi) is 5.95. The van der Waals surface area contributed by atoms with Crippen LogP contribution in [0.15, 0.2) is 59.3 Å². The van der Waals surface area contributed by atoms with E-state index in [9.17, 15) is 8.60 Å². The van der Waals surface area contributed by atoms with Gasteiger partial charge in [-0.1, -0.05) is 5.57 Å². The van der Waals surface area contributed by atoms with Gasteiger partial charge in [-0.25, -0.2) is 22.6 Å². The molecule has 0 N–H and O–H groups in total. The second kappa shape index (κ2) is 9.37. The number of pyridine rings is 1. The van der Waals surface area contributed by atoms with Crippen molar-refractivity contribution < 1.29 is 18.1 Å². The van der Waals surface area contributed by atoms with Crippen molar-refractivity contribution in [1.29, 1.82) is 0 Å². The normalized spacial score (nSPS) is 27.2. The highest BCUT2D eigenvalue weighted by Gasteiger charge is 2.45. The Morgan fingerprint density at radius 3 is 2.79 bits per heavy atom. The molecule has 2 bridgehead atoms. The van der Waals surface area contributed by atoms with Crippen LogP contribution < -0.4 is 4.90 Å². The third-order valence-electron chi connectivity index (χ3n) is 8.36. The molecular formula is C28H30FN5O3S.